The van der Waals surface area contributed by atoms with Crippen molar-refractivity contribution in [3.8, 4) is 0 Å². The molecule has 1 aromatic rings. The molecule has 0 saturated carbocycles. The Labute approximate surface area is 157 Å². The molecule has 0 unspecified atom stereocenters. The first-order valence-electron chi connectivity index (χ1n) is 8.76. The molecule has 0 bridgehead atoms. The van der Waals surface area contributed by atoms with Gasteiger partial charge in [0.1, 0.15) is 6.54 Å². The number of amides is 2. The maximum atomic E-state index is 12.1. The highest BCUT2D eigenvalue weighted by molar-refractivity contribution is 5.96. The fourth-order valence-corrected chi connectivity index (χ4v) is 2.78. The topological polar surface area (TPSA) is 102 Å². The Kier molecular flexibility index (Phi) is 7.34. The molecular formula is C19H24N2O6. The fourth-order valence-electron chi connectivity index (χ4n) is 2.78. The number of rotatable bonds is 6. The van der Waals surface area contributed by atoms with Crippen LogP contribution in [0.4, 0.5) is 0 Å². The van der Waals surface area contributed by atoms with Crippen molar-refractivity contribution in [1.29, 1.82) is 0 Å². The zero-order chi connectivity index (χ0) is 19.8. The number of esters is 2. The number of aryl methyl sites for hydroxylation is 1. The van der Waals surface area contributed by atoms with Gasteiger partial charge < -0.3 is 19.7 Å². The van der Waals surface area contributed by atoms with Gasteiger partial charge in [-0.2, -0.15) is 0 Å². The molecule has 1 aliphatic rings. The Morgan fingerprint density at radius 2 is 1.74 bits per heavy atom. The summed E-state index contributed by atoms with van der Waals surface area (Å²) in [7, 11) is 1.34. The molecule has 0 aromatic heterocycles. The van der Waals surface area contributed by atoms with Crippen molar-refractivity contribution in [2.24, 2.45) is 5.92 Å². The number of hydrogen-bond donors (Lipinski definition) is 1. The van der Waals surface area contributed by atoms with Crippen LogP contribution in [0.1, 0.15) is 28.8 Å². The standard InChI is InChI=1S/C19H24N2O6/c1-13-3-5-14(6-4-13)18(24)20-11-17(23)27-12-16(22)21-9-7-15(8-10-21)19(25)26-2/h3-6,15H,7-12H2,1-2H3,(H,20,24). The normalized spacial score (nSPS) is 14.4. The summed E-state index contributed by atoms with van der Waals surface area (Å²) in [4.78, 5) is 48.8. The predicted molar refractivity (Wildman–Crippen MR) is 95.8 cm³/mol. The number of ether oxygens (including phenoxy) is 2. The first kappa shape index (κ1) is 20.4. The molecule has 1 aliphatic heterocycles. The van der Waals surface area contributed by atoms with E-state index >= 15 is 0 Å². The van der Waals surface area contributed by atoms with Gasteiger partial charge in [0.15, 0.2) is 6.61 Å². The van der Waals surface area contributed by atoms with E-state index in [0.29, 0.717) is 31.5 Å². The summed E-state index contributed by atoms with van der Waals surface area (Å²) in [6, 6.07) is 6.93. The van der Waals surface area contributed by atoms with Crippen molar-refractivity contribution in [1.82, 2.24) is 10.2 Å². The van der Waals surface area contributed by atoms with Gasteiger partial charge in [-0.25, -0.2) is 0 Å². The van der Waals surface area contributed by atoms with Crippen LogP contribution in [-0.4, -0.2) is 62.0 Å². The molecule has 2 rings (SSSR count). The minimum absolute atomic E-state index is 0.196. The van der Waals surface area contributed by atoms with Gasteiger partial charge in [-0.1, -0.05) is 17.7 Å². The molecule has 8 nitrogen and oxygen atoms in total. The van der Waals surface area contributed by atoms with Crippen LogP contribution >= 0.6 is 0 Å². The molecule has 8 heteroatoms. The molecule has 0 spiro atoms. The maximum Gasteiger partial charge on any atom is 0.325 e. The molecule has 0 radical (unpaired) electrons. The smallest absolute Gasteiger partial charge is 0.325 e. The monoisotopic (exact) mass is 376 g/mol. The number of benzene rings is 1. The van der Waals surface area contributed by atoms with E-state index in [9.17, 15) is 19.2 Å². The van der Waals surface area contributed by atoms with Crippen molar-refractivity contribution in [3.63, 3.8) is 0 Å². The van der Waals surface area contributed by atoms with Gasteiger partial charge in [0.2, 0.25) is 0 Å². The van der Waals surface area contributed by atoms with E-state index in [1.165, 1.54) is 7.11 Å². The molecule has 1 N–H and O–H groups in total. The number of likely N-dealkylation sites (tertiary alicyclic amines) is 1. The van der Waals surface area contributed by atoms with Crippen LogP contribution in [-0.2, 0) is 23.9 Å². The zero-order valence-corrected chi connectivity index (χ0v) is 15.5. The summed E-state index contributed by atoms with van der Waals surface area (Å²) in [5, 5.41) is 2.46. The minimum Gasteiger partial charge on any atom is -0.469 e. The van der Waals surface area contributed by atoms with Crippen molar-refractivity contribution in [3.05, 3.63) is 35.4 Å². The average molecular weight is 376 g/mol. The lowest BCUT2D eigenvalue weighted by atomic mass is 9.97. The lowest BCUT2D eigenvalue weighted by Gasteiger charge is -2.30. The van der Waals surface area contributed by atoms with E-state index in [4.69, 9.17) is 9.47 Å². The number of carbonyl (C=O) groups excluding carboxylic acids is 4. The molecule has 146 valence electrons. The second-order valence-electron chi connectivity index (χ2n) is 6.39. The zero-order valence-electron chi connectivity index (χ0n) is 15.5. The van der Waals surface area contributed by atoms with E-state index < -0.39 is 5.97 Å². The lowest BCUT2D eigenvalue weighted by Crippen LogP contribution is -2.42. The van der Waals surface area contributed by atoms with Crippen LogP contribution in [0.5, 0.6) is 0 Å². The molecule has 0 aliphatic carbocycles. The quantitative estimate of drug-likeness (QED) is 0.733. The Morgan fingerprint density at radius 3 is 2.33 bits per heavy atom. The minimum atomic E-state index is -0.687. The predicted octanol–water partition coefficient (Wildman–Crippen LogP) is 0.680. The molecule has 2 amide bonds. The molecule has 0 atom stereocenters. The van der Waals surface area contributed by atoms with Crippen LogP contribution in [0, 0.1) is 12.8 Å². The highest BCUT2D eigenvalue weighted by Crippen LogP contribution is 2.18. The summed E-state index contributed by atoms with van der Waals surface area (Å²) >= 11 is 0. The second-order valence-corrected chi connectivity index (χ2v) is 6.39. The Bertz CT molecular complexity index is 693. The summed E-state index contributed by atoms with van der Waals surface area (Å²) in [6.45, 7) is 2.04. The summed E-state index contributed by atoms with van der Waals surface area (Å²) < 4.78 is 9.62. The molecule has 27 heavy (non-hydrogen) atoms. The summed E-state index contributed by atoms with van der Waals surface area (Å²) in [5.41, 5.74) is 1.47. The first-order valence-corrected chi connectivity index (χ1v) is 8.76. The van der Waals surface area contributed by atoms with Crippen LogP contribution in [0.25, 0.3) is 0 Å². The van der Waals surface area contributed by atoms with Crippen molar-refractivity contribution < 1.29 is 28.7 Å². The van der Waals surface area contributed by atoms with Gasteiger partial charge in [-0.15, -0.1) is 0 Å². The number of methoxy groups -OCH3 is 1. The van der Waals surface area contributed by atoms with Gasteiger partial charge >= 0.3 is 11.9 Å². The number of hydrogen-bond acceptors (Lipinski definition) is 6. The van der Waals surface area contributed by atoms with Crippen molar-refractivity contribution in [2.75, 3.05) is 33.4 Å². The lowest BCUT2D eigenvalue weighted by molar-refractivity contribution is -0.153. The Morgan fingerprint density at radius 1 is 1.11 bits per heavy atom. The van der Waals surface area contributed by atoms with Crippen LogP contribution in [0.15, 0.2) is 24.3 Å². The second kappa shape index (κ2) is 9.70. The van der Waals surface area contributed by atoms with Gasteiger partial charge in [0.05, 0.1) is 13.0 Å². The number of carbonyl (C=O) groups is 4. The Balaban J connectivity index is 1.68. The van der Waals surface area contributed by atoms with Gasteiger partial charge in [0, 0.05) is 18.7 Å². The summed E-state index contributed by atoms with van der Waals surface area (Å²) in [6.07, 6.45) is 1.05. The van der Waals surface area contributed by atoms with Crippen LogP contribution in [0.2, 0.25) is 0 Å². The van der Waals surface area contributed by atoms with E-state index in [1.807, 2.05) is 6.92 Å². The number of nitrogens with zero attached hydrogens (tertiary/aromatic N) is 1. The number of nitrogens with one attached hydrogen (secondary N) is 1. The van der Waals surface area contributed by atoms with Crippen molar-refractivity contribution in [2.45, 2.75) is 19.8 Å². The third-order valence-electron chi connectivity index (χ3n) is 4.45. The van der Waals surface area contributed by atoms with Gasteiger partial charge in [0.25, 0.3) is 11.8 Å². The van der Waals surface area contributed by atoms with E-state index in [-0.39, 0.29) is 36.9 Å². The van der Waals surface area contributed by atoms with E-state index in [1.54, 1.807) is 29.2 Å². The van der Waals surface area contributed by atoms with Crippen molar-refractivity contribution >= 4 is 23.8 Å². The highest BCUT2D eigenvalue weighted by atomic mass is 16.5. The third-order valence-corrected chi connectivity index (χ3v) is 4.45. The number of piperidine rings is 1. The molecule has 1 heterocycles. The van der Waals surface area contributed by atoms with E-state index in [2.05, 4.69) is 5.32 Å². The first-order chi connectivity index (χ1) is 12.9. The van der Waals surface area contributed by atoms with Gasteiger partial charge in [-0.05, 0) is 31.9 Å². The molecule has 1 fully saturated rings. The molecular weight excluding hydrogens is 352 g/mol. The fraction of sp³-hybridized carbons (Fsp3) is 0.474. The average Bonchev–Trinajstić information content (AvgIpc) is 2.70. The molecule has 1 saturated heterocycles. The summed E-state index contributed by atoms with van der Waals surface area (Å²) in [5.74, 6) is -1.86. The largest absolute Gasteiger partial charge is 0.469 e. The highest BCUT2D eigenvalue weighted by Gasteiger charge is 2.28. The maximum absolute atomic E-state index is 12.1. The Hall–Kier alpha value is -2.90. The van der Waals surface area contributed by atoms with Crippen LogP contribution in [0.3, 0.4) is 0 Å². The SMILES string of the molecule is COC(=O)C1CCN(C(=O)COC(=O)CNC(=O)c2ccc(C)cc2)CC1. The third kappa shape index (κ3) is 6.09. The molecule has 1 aromatic carbocycles. The van der Waals surface area contributed by atoms with Gasteiger partial charge in [-0.3, -0.25) is 19.2 Å². The van der Waals surface area contributed by atoms with Crippen LogP contribution < -0.4 is 5.32 Å². The van der Waals surface area contributed by atoms with E-state index in [0.717, 1.165) is 5.56 Å².